The maximum absolute atomic E-state index is 14.8. The van der Waals surface area contributed by atoms with Crippen LogP contribution in [0.5, 0.6) is 5.75 Å². The third-order valence-electron chi connectivity index (χ3n) is 5.98. The molecule has 4 rings (SSSR count). The van der Waals surface area contributed by atoms with Crippen molar-refractivity contribution in [3.63, 3.8) is 0 Å². The maximum Gasteiger partial charge on any atom is 0.426 e. The molecule has 0 heterocycles. The molecule has 0 aliphatic rings. The van der Waals surface area contributed by atoms with Crippen LogP contribution in [0, 0.1) is 23.3 Å². The number of alkyl halides is 5. The molecule has 0 fully saturated rings. The van der Waals surface area contributed by atoms with Gasteiger partial charge in [0.1, 0.15) is 11.6 Å². The lowest BCUT2D eigenvalue weighted by Gasteiger charge is -2.19. The SMILES string of the molecule is CCCc1ccc(C(F)(F)Oc2ccc(-c3ccc(-c4ccc(C(F)(F)F)c(F)c4)c(F)c3)c(F)c2F)cc1. The number of hydrogen-bond donors (Lipinski definition) is 0. The fourth-order valence-electron chi connectivity index (χ4n) is 4.01. The lowest BCUT2D eigenvalue weighted by Crippen LogP contribution is -2.22. The monoisotopic (exact) mass is 554 g/mol. The van der Waals surface area contributed by atoms with Crippen LogP contribution in [0.25, 0.3) is 22.3 Å². The summed E-state index contributed by atoms with van der Waals surface area (Å²) >= 11 is 0. The second-order valence-electron chi connectivity index (χ2n) is 8.69. The van der Waals surface area contributed by atoms with Crippen LogP contribution in [0.4, 0.5) is 39.5 Å². The van der Waals surface area contributed by atoms with Crippen molar-refractivity contribution in [2.45, 2.75) is 32.1 Å². The van der Waals surface area contributed by atoms with Gasteiger partial charge >= 0.3 is 12.3 Å². The first-order valence-electron chi connectivity index (χ1n) is 11.6. The van der Waals surface area contributed by atoms with Gasteiger partial charge in [0, 0.05) is 11.1 Å². The Balaban J connectivity index is 1.60. The van der Waals surface area contributed by atoms with Crippen LogP contribution < -0.4 is 4.74 Å². The van der Waals surface area contributed by atoms with Gasteiger partial charge in [0.05, 0.1) is 11.1 Å². The van der Waals surface area contributed by atoms with E-state index >= 15 is 0 Å². The Labute approximate surface area is 217 Å². The summed E-state index contributed by atoms with van der Waals surface area (Å²) in [4.78, 5) is 0. The van der Waals surface area contributed by atoms with Gasteiger partial charge in [0.25, 0.3) is 0 Å². The normalized spacial score (nSPS) is 12.1. The summed E-state index contributed by atoms with van der Waals surface area (Å²) in [5.74, 6) is -7.07. The summed E-state index contributed by atoms with van der Waals surface area (Å²) in [5.41, 5.74) is -2.48. The lowest BCUT2D eigenvalue weighted by atomic mass is 9.98. The highest BCUT2D eigenvalue weighted by Gasteiger charge is 2.36. The third-order valence-corrected chi connectivity index (χ3v) is 5.98. The van der Waals surface area contributed by atoms with E-state index in [0.29, 0.717) is 18.6 Å². The minimum Gasteiger partial charge on any atom is -0.426 e. The molecule has 0 bridgehead atoms. The van der Waals surface area contributed by atoms with Crippen LogP contribution >= 0.6 is 0 Å². The summed E-state index contributed by atoms with van der Waals surface area (Å²) in [5, 5.41) is 0. The minimum absolute atomic E-state index is 0.204. The highest BCUT2D eigenvalue weighted by Crippen LogP contribution is 2.38. The number of aryl methyl sites for hydroxylation is 1. The molecule has 0 radical (unpaired) electrons. The molecule has 0 spiro atoms. The Morgan fingerprint density at radius 2 is 1.23 bits per heavy atom. The standard InChI is InChI=1S/C29H19F9O/c1-2-3-16-4-8-19(9-5-16)29(37,38)39-25-13-11-21(26(32)27(25)33)18-6-10-20(23(30)14-18)17-7-12-22(24(31)15-17)28(34,35)36/h4-15H,2-3H2,1H3. The molecule has 10 heteroatoms. The molecule has 0 aliphatic carbocycles. The van der Waals surface area contributed by atoms with E-state index in [1.54, 1.807) is 0 Å². The van der Waals surface area contributed by atoms with E-state index < -0.39 is 58.0 Å². The van der Waals surface area contributed by atoms with Crippen molar-refractivity contribution in [2.75, 3.05) is 0 Å². The Morgan fingerprint density at radius 3 is 1.82 bits per heavy atom. The van der Waals surface area contributed by atoms with E-state index in [1.165, 1.54) is 12.1 Å². The highest BCUT2D eigenvalue weighted by atomic mass is 19.4. The molecule has 0 aromatic heterocycles. The first-order chi connectivity index (χ1) is 18.3. The highest BCUT2D eigenvalue weighted by molar-refractivity contribution is 5.72. The quantitative estimate of drug-likeness (QED) is 0.207. The average molecular weight is 554 g/mol. The van der Waals surface area contributed by atoms with Crippen LogP contribution in [-0.2, 0) is 18.7 Å². The molecule has 0 atom stereocenters. The van der Waals surface area contributed by atoms with Crippen molar-refractivity contribution in [1.29, 1.82) is 0 Å². The van der Waals surface area contributed by atoms with Crippen molar-refractivity contribution in [1.82, 2.24) is 0 Å². The Bertz CT molecular complexity index is 1490. The van der Waals surface area contributed by atoms with Gasteiger partial charge in [0.2, 0.25) is 5.82 Å². The molecule has 39 heavy (non-hydrogen) atoms. The zero-order chi connectivity index (χ0) is 28.5. The molecule has 0 saturated heterocycles. The van der Waals surface area contributed by atoms with Crippen LogP contribution in [-0.4, -0.2) is 0 Å². The smallest absolute Gasteiger partial charge is 0.426 e. The molecule has 0 amide bonds. The Kier molecular flexibility index (Phi) is 7.68. The average Bonchev–Trinajstić information content (AvgIpc) is 2.86. The maximum atomic E-state index is 14.8. The van der Waals surface area contributed by atoms with Gasteiger partial charge in [-0.2, -0.15) is 26.3 Å². The van der Waals surface area contributed by atoms with Crippen LogP contribution in [0.1, 0.15) is 30.0 Å². The summed E-state index contributed by atoms with van der Waals surface area (Å²) in [6, 6.07) is 11.7. The summed E-state index contributed by atoms with van der Waals surface area (Å²) in [7, 11) is 0. The topological polar surface area (TPSA) is 9.23 Å². The molecular formula is C29H19F9O. The first-order valence-corrected chi connectivity index (χ1v) is 11.6. The lowest BCUT2D eigenvalue weighted by molar-refractivity contribution is -0.187. The molecular weight excluding hydrogens is 535 g/mol. The molecule has 204 valence electrons. The van der Waals surface area contributed by atoms with Crippen LogP contribution in [0.15, 0.2) is 72.8 Å². The van der Waals surface area contributed by atoms with Crippen molar-refractivity contribution >= 4 is 0 Å². The van der Waals surface area contributed by atoms with E-state index in [2.05, 4.69) is 4.74 Å². The number of hydrogen-bond acceptors (Lipinski definition) is 1. The number of halogens is 9. The van der Waals surface area contributed by atoms with Crippen LogP contribution in [0.2, 0.25) is 0 Å². The van der Waals surface area contributed by atoms with Gasteiger partial charge < -0.3 is 4.74 Å². The van der Waals surface area contributed by atoms with Gasteiger partial charge in [0.15, 0.2) is 11.6 Å². The summed E-state index contributed by atoms with van der Waals surface area (Å²) in [6.07, 6.45) is -7.43. The Hall–Kier alpha value is -3.95. The molecule has 4 aromatic rings. The number of benzene rings is 4. The van der Waals surface area contributed by atoms with E-state index in [4.69, 9.17) is 0 Å². The predicted octanol–water partition coefficient (Wildman–Crippen LogP) is 9.68. The van der Waals surface area contributed by atoms with Crippen LogP contribution in [0.3, 0.4) is 0 Å². The molecule has 1 nitrogen and oxygen atoms in total. The zero-order valence-electron chi connectivity index (χ0n) is 20.2. The fraction of sp³-hybridized carbons (Fsp3) is 0.172. The number of ether oxygens (including phenoxy) is 1. The second kappa shape index (κ2) is 10.7. The third kappa shape index (κ3) is 5.89. The molecule has 4 aromatic carbocycles. The van der Waals surface area contributed by atoms with Gasteiger partial charge in [-0.25, -0.2) is 13.2 Å². The van der Waals surface area contributed by atoms with Gasteiger partial charge in [-0.15, -0.1) is 0 Å². The van der Waals surface area contributed by atoms with Gasteiger partial charge in [-0.05, 0) is 65.6 Å². The molecule has 0 aliphatic heterocycles. The molecule has 0 unspecified atom stereocenters. The predicted molar refractivity (Wildman–Crippen MR) is 127 cm³/mol. The fourth-order valence-corrected chi connectivity index (χ4v) is 4.01. The zero-order valence-corrected chi connectivity index (χ0v) is 20.2. The second-order valence-corrected chi connectivity index (χ2v) is 8.69. The van der Waals surface area contributed by atoms with E-state index in [-0.39, 0.29) is 16.7 Å². The molecule has 0 saturated carbocycles. The van der Waals surface area contributed by atoms with E-state index in [1.807, 2.05) is 6.92 Å². The van der Waals surface area contributed by atoms with Crippen molar-refractivity contribution in [2.24, 2.45) is 0 Å². The van der Waals surface area contributed by atoms with Crippen molar-refractivity contribution in [3.05, 3.63) is 113 Å². The van der Waals surface area contributed by atoms with Crippen molar-refractivity contribution in [3.8, 4) is 28.0 Å². The van der Waals surface area contributed by atoms with E-state index in [9.17, 15) is 39.5 Å². The minimum atomic E-state index is -4.94. The van der Waals surface area contributed by atoms with Crippen molar-refractivity contribution < 1.29 is 44.3 Å². The summed E-state index contributed by atoms with van der Waals surface area (Å²) in [6.45, 7) is 1.93. The van der Waals surface area contributed by atoms with Gasteiger partial charge in [-0.3, -0.25) is 0 Å². The number of rotatable bonds is 7. The first kappa shape index (κ1) is 28.1. The molecule has 0 N–H and O–H groups in total. The van der Waals surface area contributed by atoms with E-state index in [0.717, 1.165) is 60.5 Å². The van der Waals surface area contributed by atoms with Gasteiger partial charge in [-0.1, -0.05) is 43.7 Å². The Morgan fingerprint density at radius 1 is 0.641 bits per heavy atom. The largest absolute Gasteiger partial charge is 0.426 e. The summed E-state index contributed by atoms with van der Waals surface area (Å²) < 4.78 is 130.